The number of anilines is 1. The van der Waals surface area contributed by atoms with Gasteiger partial charge in [0.15, 0.2) is 0 Å². The number of alkyl halides is 3. The van der Waals surface area contributed by atoms with Crippen LogP contribution in [0.3, 0.4) is 0 Å². The number of hydrogen-bond donors (Lipinski definition) is 1. The zero-order valence-corrected chi connectivity index (χ0v) is 21.5. The molecule has 2 aliphatic rings. The van der Waals surface area contributed by atoms with E-state index in [0.717, 1.165) is 25.0 Å². The van der Waals surface area contributed by atoms with E-state index in [4.69, 9.17) is 16.6 Å². The van der Waals surface area contributed by atoms with Gasteiger partial charge in [0.2, 0.25) is 5.95 Å². The van der Waals surface area contributed by atoms with Gasteiger partial charge in [0.05, 0.1) is 29.4 Å². The molecule has 1 saturated heterocycles. The van der Waals surface area contributed by atoms with Gasteiger partial charge in [-0.25, -0.2) is 4.98 Å². The average molecular weight is 546 g/mol. The number of carbonyl (C=O) groups is 1. The van der Waals surface area contributed by atoms with Crippen molar-refractivity contribution in [1.82, 2.24) is 14.6 Å². The van der Waals surface area contributed by atoms with Gasteiger partial charge in [0.25, 0.3) is 11.5 Å². The number of aromatic nitrogens is 2. The quantitative estimate of drug-likeness (QED) is 0.487. The summed E-state index contributed by atoms with van der Waals surface area (Å²) in [5.74, 6) is 0.165. The predicted octanol–water partition coefficient (Wildman–Crippen LogP) is 5.02. The molecule has 2 aromatic carbocycles. The van der Waals surface area contributed by atoms with Crippen LogP contribution in [0.5, 0.6) is 0 Å². The Balaban J connectivity index is 1.44. The van der Waals surface area contributed by atoms with Gasteiger partial charge in [-0.15, -0.1) is 0 Å². The number of amides is 1. The highest BCUT2D eigenvalue weighted by molar-refractivity contribution is 6.30. The Hall–Kier alpha value is -3.53. The van der Waals surface area contributed by atoms with E-state index in [9.17, 15) is 22.8 Å². The van der Waals surface area contributed by atoms with Crippen molar-refractivity contribution in [1.29, 1.82) is 0 Å². The second kappa shape index (κ2) is 10.3. The van der Waals surface area contributed by atoms with Crippen molar-refractivity contribution in [2.75, 3.05) is 30.0 Å². The standard InChI is InChI=1S/C27H27ClF3N5O2/c1-17(18-4-8-20(9-5-18)27(29,30)31)32-26-33-23-12-15-34(24(37)19-6-10-21(28)11-7-19)16-22(23)25(38)36(26)35-13-2-3-14-35/h4-11,17H,2-3,12-16H2,1H3,(H,32,33)/t17-/m0/s1. The van der Waals surface area contributed by atoms with Crippen LogP contribution < -0.4 is 15.9 Å². The lowest BCUT2D eigenvalue weighted by Crippen LogP contribution is -2.47. The lowest BCUT2D eigenvalue weighted by Gasteiger charge is -2.31. The number of benzene rings is 2. The molecule has 5 rings (SSSR count). The van der Waals surface area contributed by atoms with Crippen LogP contribution in [0.25, 0.3) is 0 Å². The van der Waals surface area contributed by atoms with Gasteiger partial charge in [-0.1, -0.05) is 23.7 Å². The maximum atomic E-state index is 13.8. The lowest BCUT2D eigenvalue weighted by molar-refractivity contribution is -0.137. The van der Waals surface area contributed by atoms with Gasteiger partial charge < -0.3 is 15.2 Å². The highest BCUT2D eigenvalue weighted by Crippen LogP contribution is 2.30. The van der Waals surface area contributed by atoms with Gasteiger partial charge in [-0.3, -0.25) is 9.59 Å². The van der Waals surface area contributed by atoms with Gasteiger partial charge >= 0.3 is 6.18 Å². The van der Waals surface area contributed by atoms with E-state index in [0.29, 0.717) is 59.4 Å². The summed E-state index contributed by atoms with van der Waals surface area (Å²) in [6, 6.07) is 11.2. The molecule has 0 bridgehead atoms. The Morgan fingerprint density at radius 2 is 1.68 bits per heavy atom. The third-order valence-corrected chi connectivity index (χ3v) is 7.29. The topological polar surface area (TPSA) is 70.5 Å². The molecule has 11 heteroatoms. The van der Waals surface area contributed by atoms with Crippen LogP contribution in [-0.4, -0.2) is 40.1 Å². The summed E-state index contributed by atoms with van der Waals surface area (Å²) in [6.07, 6.45) is -2.14. The first kappa shape index (κ1) is 26.1. The lowest BCUT2D eigenvalue weighted by atomic mass is 10.0. The zero-order chi connectivity index (χ0) is 27.0. The van der Waals surface area contributed by atoms with E-state index >= 15 is 0 Å². The molecule has 3 aromatic rings. The summed E-state index contributed by atoms with van der Waals surface area (Å²) < 4.78 is 40.5. The smallest absolute Gasteiger partial charge is 0.348 e. The Bertz CT molecular complexity index is 1380. The van der Waals surface area contributed by atoms with Gasteiger partial charge in [0, 0.05) is 36.6 Å². The van der Waals surface area contributed by atoms with E-state index < -0.39 is 17.8 Å². The third kappa shape index (κ3) is 5.22. The van der Waals surface area contributed by atoms with Crippen LogP contribution in [0, 0.1) is 0 Å². The largest absolute Gasteiger partial charge is 0.416 e. The second-order valence-electron chi connectivity index (χ2n) is 9.61. The van der Waals surface area contributed by atoms with E-state index in [1.54, 1.807) is 29.2 Å². The minimum absolute atomic E-state index is 0.144. The molecule has 3 heterocycles. The number of fused-ring (bicyclic) bond motifs is 1. The molecule has 1 atom stereocenters. The monoisotopic (exact) mass is 545 g/mol. The van der Waals surface area contributed by atoms with E-state index in [1.807, 2.05) is 11.9 Å². The van der Waals surface area contributed by atoms with Crippen LogP contribution >= 0.6 is 11.6 Å². The van der Waals surface area contributed by atoms with Crippen molar-refractivity contribution in [2.24, 2.45) is 0 Å². The molecule has 1 fully saturated rings. The van der Waals surface area contributed by atoms with Crippen molar-refractivity contribution in [3.8, 4) is 0 Å². The molecule has 0 saturated carbocycles. The van der Waals surface area contributed by atoms with Crippen molar-refractivity contribution in [3.05, 3.63) is 91.9 Å². The molecule has 0 spiro atoms. The summed E-state index contributed by atoms with van der Waals surface area (Å²) in [5, 5.41) is 5.72. The summed E-state index contributed by atoms with van der Waals surface area (Å²) in [6.45, 7) is 3.72. The second-order valence-corrected chi connectivity index (χ2v) is 10.0. The van der Waals surface area contributed by atoms with Crippen molar-refractivity contribution < 1.29 is 18.0 Å². The van der Waals surface area contributed by atoms with Crippen LogP contribution in [0.2, 0.25) is 5.02 Å². The molecular formula is C27H27ClF3N5O2. The molecular weight excluding hydrogens is 519 g/mol. The zero-order valence-electron chi connectivity index (χ0n) is 20.8. The normalized spacial score (nSPS) is 16.3. The molecule has 0 aliphatic carbocycles. The minimum atomic E-state index is -4.41. The summed E-state index contributed by atoms with van der Waals surface area (Å²) in [5.41, 5.74) is 1.26. The van der Waals surface area contributed by atoms with Crippen molar-refractivity contribution in [3.63, 3.8) is 0 Å². The highest BCUT2D eigenvalue weighted by atomic mass is 35.5. The van der Waals surface area contributed by atoms with Gasteiger partial charge in [-0.2, -0.15) is 17.8 Å². The number of hydrogen-bond acceptors (Lipinski definition) is 5. The van der Waals surface area contributed by atoms with Crippen molar-refractivity contribution in [2.45, 2.75) is 44.9 Å². The highest BCUT2D eigenvalue weighted by Gasteiger charge is 2.31. The number of halogens is 4. The molecule has 1 N–H and O–H groups in total. The van der Waals surface area contributed by atoms with Crippen LogP contribution in [0.1, 0.15) is 58.5 Å². The fourth-order valence-corrected chi connectivity index (χ4v) is 5.03. The van der Waals surface area contributed by atoms with E-state index in [2.05, 4.69) is 5.32 Å². The first-order valence-electron chi connectivity index (χ1n) is 12.5. The number of nitrogens with zero attached hydrogens (tertiary/aromatic N) is 4. The van der Waals surface area contributed by atoms with Gasteiger partial charge in [-0.05, 0) is 61.7 Å². The Labute approximate surface area is 222 Å². The fourth-order valence-electron chi connectivity index (χ4n) is 4.91. The Morgan fingerprint density at radius 1 is 1.03 bits per heavy atom. The molecule has 2 aliphatic heterocycles. The number of carbonyl (C=O) groups excluding carboxylic acids is 1. The van der Waals surface area contributed by atoms with Crippen LogP contribution in [0.15, 0.2) is 53.3 Å². The fraction of sp³-hybridized carbons (Fsp3) is 0.370. The van der Waals surface area contributed by atoms with E-state index in [1.165, 1.54) is 16.8 Å². The molecule has 1 amide bonds. The number of rotatable bonds is 5. The summed E-state index contributed by atoms with van der Waals surface area (Å²) in [7, 11) is 0. The van der Waals surface area contributed by atoms with Crippen LogP contribution in [0.4, 0.5) is 19.1 Å². The van der Waals surface area contributed by atoms with Crippen molar-refractivity contribution >= 4 is 23.5 Å². The molecule has 7 nitrogen and oxygen atoms in total. The average Bonchev–Trinajstić information content (AvgIpc) is 3.43. The molecule has 1 aromatic heterocycles. The molecule has 38 heavy (non-hydrogen) atoms. The van der Waals surface area contributed by atoms with E-state index in [-0.39, 0.29) is 18.0 Å². The molecule has 0 radical (unpaired) electrons. The van der Waals surface area contributed by atoms with Gasteiger partial charge in [0.1, 0.15) is 0 Å². The Morgan fingerprint density at radius 3 is 2.32 bits per heavy atom. The molecule has 0 unspecified atom stereocenters. The predicted molar refractivity (Wildman–Crippen MR) is 139 cm³/mol. The first-order valence-corrected chi connectivity index (χ1v) is 12.9. The maximum absolute atomic E-state index is 13.8. The molecule has 200 valence electrons. The summed E-state index contributed by atoms with van der Waals surface area (Å²) >= 11 is 5.95. The van der Waals surface area contributed by atoms with Crippen LogP contribution in [-0.2, 0) is 19.1 Å². The minimum Gasteiger partial charge on any atom is -0.348 e. The third-order valence-electron chi connectivity index (χ3n) is 7.04. The number of nitrogens with one attached hydrogen (secondary N) is 1. The first-order chi connectivity index (χ1) is 18.1. The SMILES string of the molecule is C[C@H](Nc1nc2c(c(=O)n1N1CCCC1)CN(C(=O)c1ccc(Cl)cc1)CC2)c1ccc(C(F)(F)F)cc1. The Kier molecular flexibility index (Phi) is 7.09. The summed E-state index contributed by atoms with van der Waals surface area (Å²) in [4.78, 5) is 33.3. The maximum Gasteiger partial charge on any atom is 0.416 e.